The Morgan fingerprint density at radius 1 is 1.07 bits per heavy atom. The Morgan fingerprint density at radius 2 is 1.68 bits per heavy atom. The molecule has 1 fully saturated rings. The highest BCUT2D eigenvalue weighted by Crippen LogP contribution is 2.70. The molecular formula is C23H21N3OS. The molecule has 5 heteroatoms. The van der Waals surface area contributed by atoms with Crippen LogP contribution in [0.1, 0.15) is 36.7 Å². The molecule has 28 heavy (non-hydrogen) atoms. The Bertz CT molecular complexity index is 1120. The lowest BCUT2D eigenvalue weighted by Gasteiger charge is -2.31. The van der Waals surface area contributed by atoms with Crippen molar-refractivity contribution in [1.29, 1.82) is 0 Å². The number of fused-ring (bicyclic) bond motifs is 5. The monoisotopic (exact) mass is 387 g/mol. The highest BCUT2D eigenvalue weighted by Gasteiger charge is 2.64. The zero-order valence-electron chi connectivity index (χ0n) is 16.1. The van der Waals surface area contributed by atoms with Crippen LogP contribution in [-0.4, -0.2) is 15.8 Å². The zero-order chi connectivity index (χ0) is 19.2. The van der Waals surface area contributed by atoms with E-state index in [-0.39, 0.29) is 6.03 Å². The summed E-state index contributed by atoms with van der Waals surface area (Å²) in [5, 5.41) is 4.71. The predicted octanol–water partition coefficient (Wildman–Crippen LogP) is 5.76. The minimum Gasteiger partial charge on any atom is -0.259 e. The Balaban J connectivity index is 1.50. The first-order chi connectivity index (χ1) is 13.5. The third kappa shape index (κ3) is 1.97. The van der Waals surface area contributed by atoms with Crippen molar-refractivity contribution in [3.8, 4) is 0 Å². The minimum absolute atomic E-state index is 0.0799. The van der Waals surface area contributed by atoms with Gasteiger partial charge < -0.3 is 0 Å². The molecule has 1 amide bonds. The van der Waals surface area contributed by atoms with Gasteiger partial charge in [-0.2, -0.15) is 9.78 Å². The third-order valence-corrected chi connectivity index (χ3v) is 7.92. The van der Waals surface area contributed by atoms with E-state index in [0.29, 0.717) is 17.3 Å². The largest absolute Gasteiger partial charge is 0.354 e. The number of carbonyl (C=O) groups excluding carboxylic acids is 1. The molecule has 0 radical (unpaired) electrons. The van der Waals surface area contributed by atoms with Gasteiger partial charge >= 0.3 is 6.03 Å². The molecule has 4 nitrogen and oxygen atoms in total. The van der Waals surface area contributed by atoms with E-state index in [1.165, 1.54) is 5.56 Å². The van der Waals surface area contributed by atoms with Crippen LogP contribution in [-0.2, 0) is 6.42 Å². The molecule has 3 aliphatic rings. The smallest absolute Gasteiger partial charge is 0.259 e. The van der Waals surface area contributed by atoms with Gasteiger partial charge in [-0.05, 0) is 54.9 Å². The summed E-state index contributed by atoms with van der Waals surface area (Å²) >= 11 is 1.71. The van der Waals surface area contributed by atoms with Crippen LogP contribution in [0.3, 0.4) is 0 Å². The predicted molar refractivity (Wildman–Crippen MR) is 111 cm³/mol. The number of hydrogen-bond acceptors (Lipinski definition) is 3. The van der Waals surface area contributed by atoms with E-state index in [9.17, 15) is 4.79 Å². The van der Waals surface area contributed by atoms with Crippen LogP contribution < -0.4 is 4.90 Å². The highest BCUT2D eigenvalue weighted by molar-refractivity contribution is 7.99. The van der Waals surface area contributed by atoms with Crippen LogP contribution in [0.15, 0.2) is 58.3 Å². The molecule has 2 atom stereocenters. The second-order valence-corrected chi connectivity index (χ2v) is 9.71. The van der Waals surface area contributed by atoms with Crippen molar-refractivity contribution >= 4 is 29.2 Å². The molecule has 2 aromatic carbocycles. The Kier molecular flexibility index (Phi) is 3.10. The Morgan fingerprint density at radius 3 is 2.32 bits per heavy atom. The number of amides is 1. The second kappa shape index (κ2) is 5.29. The maximum Gasteiger partial charge on any atom is 0.354 e. The molecular weight excluding hydrogens is 366 g/mol. The van der Waals surface area contributed by atoms with E-state index in [1.54, 1.807) is 16.4 Å². The molecule has 0 spiro atoms. The van der Waals surface area contributed by atoms with Crippen LogP contribution in [0, 0.1) is 18.3 Å². The molecule has 0 saturated heterocycles. The van der Waals surface area contributed by atoms with Crippen molar-refractivity contribution in [3.05, 3.63) is 65.5 Å². The van der Waals surface area contributed by atoms with Gasteiger partial charge in [-0.3, -0.25) is 4.90 Å². The molecule has 2 aliphatic carbocycles. The number of rotatable bonds is 0. The van der Waals surface area contributed by atoms with Gasteiger partial charge in [0.15, 0.2) is 0 Å². The Hall–Kier alpha value is -2.53. The summed E-state index contributed by atoms with van der Waals surface area (Å²) in [5.74, 6) is 1.20. The minimum atomic E-state index is -0.0799. The molecule has 2 heterocycles. The quantitative estimate of drug-likeness (QED) is 0.492. The number of para-hydroxylation sites is 2. The van der Waals surface area contributed by atoms with Crippen LogP contribution in [0.5, 0.6) is 0 Å². The van der Waals surface area contributed by atoms with Gasteiger partial charge in [-0.1, -0.05) is 49.9 Å². The molecule has 1 aromatic heterocycles. The van der Waals surface area contributed by atoms with Crippen molar-refractivity contribution in [2.45, 2.75) is 42.9 Å². The fourth-order valence-corrected chi connectivity index (χ4v) is 6.32. The van der Waals surface area contributed by atoms with Crippen LogP contribution >= 0.6 is 11.8 Å². The molecule has 6 rings (SSSR count). The number of hydrogen-bond donors (Lipinski definition) is 0. The van der Waals surface area contributed by atoms with Gasteiger partial charge in [0.1, 0.15) is 0 Å². The van der Waals surface area contributed by atoms with Crippen LogP contribution in [0.4, 0.5) is 16.2 Å². The summed E-state index contributed by atoms with van der Waals surface area (Å²) in [4.78, 5) is 17.8. The molecule has 0 bridgehead atoms. The number of aryl methyl sites for hydroxylation is 1. The molecule has 0 N–H and O–H groups in total. The lowest BCUT2D eigenvalue weighted by atomic mass is 9.98. The standard InChI is InChI=1S/C23H21N3OS/c1-13-20-17(12-14-21(20)23(14,2)3)26(24-13)22(27)25-15-8-4-6-10-18(15)28-19-11-7-5-9-16(19)25/h4-11,14,21H,12H2,1-3H3. The van der Waals surface area contributed by atoms with Crippen LogP contribution in [0.25, 0.3) is 0 Å². The SMILES string of the molecule is Cc1nn(C(=O)N2c3ccccc3Sc3ccccc32)c2c1C1C(C2)C1(C)C. The average Bonchev–Trinajstić information content (AvgIpc) is 3.03. The first kappa shape index (κ1) is 16.4. The summed E-state index contributed by atoms with van der Waals surface area (Å²) in [6, 6.07) is 16.1. The highest BCUT2D eigenvalue weighted by atomic mass is 32.2. The van der Waals surface area contributed by atoms with Gasteiger partial charge in [0.05, 0.1) is 22.8 Å². The number of benzene rings is 2. The number of nitrogens with zero attached hydrogens (tertiary/aromatic N) is 3. The van der Waals surface area contributed by atoms with E-state index in [2.05, 4.69) is 26.0 Å². The summed E-state index contributed by atoms with van der Waals surface area (Å²) in [6.45, 7) is 6.71. The molecule has 3 aromatic rings. The zero-order valence-corrected chi connectivity index (χ0v) is 17.0. The van der Waals surface area contributed by atoms with Crippen molar-refractivity contribution in [2.24, 2.45) is 11.3 Å². The maximum atomic E-state index is 13.8. The van der Waals surface area contributed by atoms with E-state index in [1.807, 2.05) is 48.2 Å². The topological polar surface area (TPSA) is 38.1 Å². The van der Waals surface area contributed by atoms with Gasteiger partial charge in [0.25, 0.3) is 0 Å². The average molecular weight is 388 g/mol. The van der Waals surface area contributed by atoms with Gasteiger partial charge in [0.2, 0.25) is 0 Å². The summed E-state index contributed by atoms with van der Waals surface area (Å²) in [6.07, 6.45) is 0.950. The molecule has 140 valence electrons. The summed E-state index contributed by atoms with van der Waals surface area (Å²) < 4.78 is 1.68. The fraction of sp³-hybridized carbons (Fsp3) is 0.304. The summed E-state index contributed by atoms with van der Waals surface area (Å²) in [7, 11) is 0. The molecule has 2 unspecified atom stereocenters. The van der Waals surface area contributed by atoms with E-state index >= 15 is 0 Å². The number of anilines is 2. The second-order valence-electron chi connectivity index (χ2n) is 8.62. The van der Waals surface area contributed by atoms with Gasteiger partial charge in [0, 0.05) is 15.4 Å². The molecule has 1 aliphatic heterocycles. The lowest BCUT2D eigenvalue weighted by molar-refractivity contribution is 0.246. The van der Waals surface area contributed by atoms with E-state index in [4.69, 9.17) is 5.10 Å². The maximum absolute atomic E-state index is 13.8. The molecule has 1 saturated carbocycles. The van der Waals surface area contributed by atoms with E-state index < -0.39 is 0 Å². The van der Waals surface area contributed by atoms with Gasteiger partial charge in [-0.15, -0.1) is 0 Å². The number of aromatic nitrogens is 2. The summed E-state index contributed by atoms with van der Waals surface area (Å²) in [5.41, 5.74) is 5.65. The van der Waals surface area contributed by atoms with Crippen molar-refractivity contribution < 1.29 is 4.79 Å². The van der Waals surface area contributed by atoms with Crippen LogP contribution in [0.2, 0.25) is 0 Å². The van der Waals surface area contributed by atoms with Crippen molar-refractivity contribution in [3.63, 3.8) is 0 Å². The Labute approximate surface area is 168 Å². The van der Waals surface area contributed by atoms with Crippen molar-refractivity contribution in [1.82, 2.24) is 9.78 Å². The van der Waals surface area contributed by atoms with Crippen molar-refractivity contribution in [2.75, 3.05) is 4.90 Å². The lowest BCUT2D eigenvalue weighted by Crippen LogP contribution is -2.34. The van der Waals surface area contributed by atoms with Gasteiger partial charge in [-0.25, -0.2) is 4.79 Å². The normalized spacial score (nSPS) is 22.9. The van der Waals surface area contributed by atoms with E-state index in [0.717, 1.165) is 39.0 Å². The third-order valence-electron chi connectivity index (χ3n) is 6.79. The first-order valence-corrected chi connectivity index (χ1v) is 10.6. The number of carbonyl (C=O) groups is 1. The fourth-order valence-electron chi connectivity index (χ4n) is 5.26. The first-order valence-electron chi connectivity index (χ1n) is 9.77.